The summed E-state index contributed by atoms with van der Waals surface area (Å²) in [5.74, 6) is -1.73. The van der Waals surface area contributed by atoms with Crippen molar-refractivity contribution in [2.24, 2.45) is 0 Å². The van der Waals surface area contributed by atoms with Gasteiger partial charge in [-0.1, -0.05) is 56.1 Å². The van der Waals surface area contributed by atoms with Gasteiger partial charge in [-0.3, -0.25) is 19.2 Å². The molecule has 0 amide bonds. The number of hydrogen-bond donors (Lipinski definition) is 2. The number of Topliss-reactive ketones (excluding diaryl/α,β-unsaturated/α-hetero) is 2. The van der Waals surface area contributed by atoms with Crippen molar-refractivity contribution in [1.29, 1.82) is 0 Å². The number of aromatic amines is 2. The van der Waals surface area contributed by atoms with Gasteiger partial charge in [0, 0.05) is 50.0 Å². The van der Waals surface area contributed by atoms with Crippen LogP contribution in [0.25, 0.3) is 22.3 Å². The van der Waals surface area contributed by atoms with Gasteiger partial charge in [0.2, 0.25) is 11.6 Å². The number of hydrogen-bond acceptors (Lipinski definition) is 6. The van der Waals surface area contributed by atoms with Gasteiger partial charge in [0.05, 0.1) is 25.3 Å². The normalized spacial score (nSPS) is 14.4. The number of fused-ring (bicyclic) bond motifs is 2. The second-order valence-corrected chi connectivity index (χ2v) is 11.3. The van der Waals surface area contributed by atoms with Gasteiger partial charge >= 0.3 is 0 Å². The summed E-state index contributed by atoms with van der Waals surface area (Å²) in [5.41, 5.74) is 4.39. The zero-order valence-electron chi connectivity index (χ0n) is 21.7. The number of aromatic nitrogens is 2. The lowest BCUT2D eigenvalue weighted by Gasteiger charge is -2.12. The fourth-order valence-electron chi connectivity index (χ4n) is 5.31. The van der Waals surface area contributed by atoms with E-state index in [0.717, 1.165) is 8.95 Å². The van der Waals surface area contributed by atoms with Gasteiger partial charge in [0.1, 0.15) is 11.4 Å². The lowest BCUT2D eigenvalue weighted by molar-refractivity contribution is 0.0912. The molecule has 0 saturated heterocycles. The lowest BCUT2D eigenvalue weighted by atomic mass is 9.90. The number of H-pyrrole nitrogens is 2. The molecular weight excluding hydrogens is 656 g/mol. The van der Waals surface area contributed by atoms with Crippen molar-refractivity contribution in [3.05, 3.63) is 115 Å². The summed E-state index contributed by atoms with van der Waals surface area (Å²) in [6.45, 7) is 0. The van der Waals surface area contributed by atoms with E-state index in [1.165, 1.54) is 26.4 Å². The molecule has 8 nitrogen and oxygen atoms in total. The zero-order chi connectivity index (χ0) is 29.0. The van der Waals surface area contributed by atoms with Crippen molar-refractivity contribution in [1.82, 2.24) is 9.97 Å². The van der Waals surface area contributed by atoms with Crippen LogP contribution in [-0.2, 0) is 15.9 Å². The number of rotatable bonds is 6. The molecule has 2 aromatic carbocycles. The Kier molecular flexibility index (Phi) is 6.75. The molecule has 2 aromatic heterocycles. The molecule has 6 rings (SSSR count). The second-order valence-electron chi connectivity index (χ2n) is 9.46. The zero-order valence-corrected chi connectivity index (χ0v) is 24.9. The van der Waals surface area contributed by atoms with Crippen molar-refractivity contribution < 1.29 is 28.7 Å². The summed E-state index contributed by atoms with van der Waals surface area (Å²) in [4.78, 5) is 59.4. The molecule has 0 aliphatic heterocycles. The molecule has 10 heteroatoms. The molecule has 0 spiro atoms. The fourth-order valence-corrected chi connectivity index (χ4v) is 5.84. The van der Waals surface area contributed by atoms with Gasteiger partial charge in [0.15, 0.2) is 23.1 Å². The Morgan fingerprint density at radius 2 is 0.951 bits per heavy atom. The number of ketones is 4. The van der Waals surface area contributed by atoms with E-state index < -0.39 is 11.6 Å². The maximum absolute atomic E-state index is 13.3. The maximum Gasteiger partial charge on any atom is 0.244 e. The largest absolute Gasteiger partial charge is 0.492 e. The molecule has 4 aromatic rings. The molecule has 0 atom stereocenters. The Balaban J connectivity index is 1.58. The number of ether oxygens (including phenoxy) is 2. The quantitative estimate of drug-likeness (QED) is 0.237. The lowest BCUT2D eigenvalue weighted by Crippen LogP contribution is -2.17. The van der Waals surface area contributed by atoms with Crippen LogP contribution in [0.1, 0.15) is 53.1 Å². The van der Waals surface area contributed by atoms with Crippen LogP contribution < -0.4 is 0 Å². The number of benzene rings is 2. The highest BCUT2D eigenvalue weighted by Gasteiger charge is 2.36. The molecule has 2 heterocycles. The first kappa shape index (κ1) is 26.9. The third kappa shape index (κ3) is 4.43. The average molecular weight is 676 g/mol. The molecule has 2 aliphatic rings. The molecule has 0 saturated carbocycles. The van der Waals surface area contributed by atoms with Gasteiger partial charge in [-0.05, 0) is 35.4 Å². The van der Waals surface area contributed by atoms with Gasteiger partial charge in [-0.25, -0.2) is 0 Å². The van der Waals surface area contributed by atoms with Crippen molar-refractivity contribution in [2.45, 2.75) is 6.42 Å². The Morgan fingerprint density at radius 1 is 0.585 bits per heavy atom. The van der Waals surface area contributed by atoms with E-state index in [-0.39, 0.29) is 52.0 Å². The molecular formula is C31H20Br2N2O6. The predicted octanol–water partition coefficient (Wildman–Crippen LogP) is 6.61. The summed E-state index contributed by atoms with van der Waals surface area (Å²) in [6, 6.07) is 14.8. The van der Waals surface area contributed by atoms with E-state index in [2.05, 4.69) is 41.8 Å². The van der Waals surface area contributed by atoms with Crippen molar-refractivity contribution in [3.8, 4) is 22.3 Å². The van der Waals surface area contributed by atoms with E-state index in [4.69, 9.17) is 9.47 Å². The van der Waals surface area contributed by atoms with E-state index >= 15 is 0 Å². The maximum atomic E-state index is 13.3. The summed E-state index contributed by atoms with van der Waals surface area (Å²) in [7, 11) is 2.68. The van der Waals surface area contributed by atoms with E-state index in [9.17, 15) is 19.2 Å². The van der Waals surface area contributed by atoms with Crippen LogP contribution in [0, 0.1) is 0 Å². The Labute approximate surface area is 250 Å². The first-order valence-corrected chi connectivity index (χ1v) is 14.0. The standard InChI is InChI=1S/C31H20Br2N2O6/c1-40-22-12-20(36)26-24(14-3-7-16(32)8-4-14)18(34-28(26)30(22)38)11-19-25(15-5-9-17(33)10-6-15)27-21(37)13-23(41-2)31(39)29(27)35-19/h3-10,12-13,34-35H,11H2,1-2H3. The van der Waals surface area contributed by atoms with Crippen LogP contribution >= 0.6 is 31.9 Å². The highest BCUT2D eigenvalue weighted by molar-refractivity contribution is 9.10. The topological polar surface area (TPSA) is 118 Å². The molecule has 0 unspecified atom stereocenters. The van der Waals surface area contributed by atoms with E-state index in [1.54, 1.807) is 0 Å². The first-order chi connectivity index (χ1) is 19.7. The minimum Gasteiger partial charge on any atom is -0.492 e. The van der Waals surface area contributed by atoms with Crippen LogP contribution in [-0.4, -0.2) is 47.3 Å². The molecule has 2 N–H and O–H groups in total. The second kappa shape index (κ2) is 10.3. The van der Waals surface area contributed by atoms with Gasteiger partial charge in [-0.2, -0.15) is 0 Å². The Morgan fingerprint density at radius 3 is 1.29 bits per heavy atom. The van der Waals surface area contributed by atoms with Crippen molar-refractivity contribution in [3.63, 3.8) is 0 Å². The van der Waals surface area contributed by atoms with Gasteiger partial charge < -0.3 is 19.4 Å². The van der Waals surface area contributed by atoms with Crippen molar-refractivity contribution in [2.75, 3.05) is 14.2 Å². The third-order valence-corrected chi connectivity index (χ3v) is 8.19. The summed E-state index contributed by atoms with van der Waals surface area (Å²) in [5, 5.41) is 0. The number of carbonyl (C=O) groups excluding carboxylic acids is 4. The molecule has 2 aliphatic carbocycles. The van der Waals surface area contributed by atoms with Crippen LogP contribution in [0.15, 0.2) is 81.1 Å². The molecule has 0 fully saturated rings. The Bertz CT molecular complexity index is 1720. The fraction of sp³-hybridized carbons (Fsp3) is 0.0968. The Hall–Kier alpha value is -4.28. The highest BCUT2D eigenvalue weighted by atomic mass is 79.9. The minimum atomic E-state index is -0.440. The van der Waals surface area contributed by atoms with Crippen LogP contribution in [0.2, 0.25) is 0 Å². The van der Waals surface area contributed by atoms with E-state index in [1.807, 2.05) is 48.5 Å². The van der Waals surface area contributed by atoms with Gasteiger partial charge in [-0.15, -0.1) is 0 Å². The molecule has 204 valence electrons. The van der Waals surface area contributed by atoms with E-state index in [0.29, 0.717) is 33.6 Å². The van der Waals surface area contributed by atoms with Crippen LogP contribution in [0.4, 0.5) is 0 Å². The highest BCUT2D eigenvalue weighted by Crippen LogP contribution is 2.40. The number of halogens is 2. The van der Waals surface area contributed by atoms with Crippen molar-refractivity contribution >= 4 is 55.0 Å². The number of carbonyl (C=O) groups is 4. The van der Waals surface area contributed by atoms with Gasteiger partial charge in [0.25, 0.3) is 0 Å². The predicted molar refractivity (Wildman–Crippen MR) is 158 cm³/mol. The molecule has 0 radical (unpaired) electrons. The number of allylic oxidation sites excluding steroid dienone is 4. The average Bonchev–Trinajstić information content (AvgIpc) is 3.54. The summed E-state index contributed by atoms with van der Waals surface area (Å²) in [6.07, 6.45) is 2.53. The SMILES string of the molecule is COC1=CC(=O)c2c([nH]c(Cc3[nH]c4c(c3-c3ccc(Br)cc3)C(=O)C=C(OC)C4=O)c2-c2ccc(Br)cc2)C1=O. The number of nitrogens with one attached hydrogen (secondary N) is 2. The smallest absolute Gasteiger partial charge is 0.244 e. The third-order valence-electron chi connectivity index (χ3n) is 7.13. The minimum absolute atomic E-state index is 0.0575. The summed E-state index contributed by atoms with van der Waals surface area (Å²) < 4.78 is 12.0. The first-order valence-electron chi connectivity index (χ1n) is 12.4. The summed E-state index contributed by atoms with van der Waals surface area (Å²) >= 11 is 6.89. The van der Waals surface area contributed by atoms with Crippen LogP contribution in [0.5, 0.6) is 0 Å². The monoisotopic (exact) mass is 674 g/mol. The molecule has 0 bridgehead atoms. The number of methoxy groups -OCH3 is 2. The molecule has 41 heavy (non-hydrogen) atoms. The van der Waals surface area contributed by atoms with Crippen LogP contribution in [0.3, 0.4) is 0 Å².